The van der Waals surface area contributed by atoms with Crippen molar-refractivity contribution in [1.82, 2.24) is 25.5 Å². The van der Waals surface area contributed by atoms with E-state index < -0.39 is 0 Å². The summed E-state index contributed by atoms with van der Waals surface area (Å²) >= 11 is 0. The fraction of sp³-hybridized carbons (Fsp3) is 0.500. The van der Waals surface area contributed by atoms with Crippen LogP contribution in [0.1, 0.15) is 50.8 Å². The molecule has 1 aromatic carbocycles. The number of nitrogens with zero attached hydrogens (tertiary/aromatic N) is 4. The number of hydrogen-bond donors (Lipinski definition) is 1. The summed E-state index contributed by atoms with van der Waals surface area (Å²) in [5, 5.41) is 13.8. The summed E-state index contributed by atoms with van der Waals surface area (Å²) in [6.45, 7) is 8.66. The molecule has 1 N–H and O–H groups in total. The van der Waals surface area contributed by atoms with Crippen molar-refractivity contribution in [1.29, 1.82) is 0 Å². The Bertz CT molecular complexity index is 590. The minimum Gasteiger partial charge on any atom is -0.347 e. The lowest BCUT2D eigenvalue weighted by Gasteiger charge is -2.23. The van der Waals surface area contributed by atoms with Gasteiger partial charge >= 0.3 is 0 Å². The largest absolute Gasteiger partial charge is 0.347 e. The normalized spacial score (nSPS) is 12.6. The fourth-order valence-corrected chi connectivity index (χ4v) is 2.34. The average molecular weight is 301 g/mol. The lowest BCUT2D eigenvalue weighted by atomic mass is 9.93. The van der Waals surface area contributed by atoms with Gasteiger partial charge in [0.15, 0.2) is 0 Å². The van der Waals surface area contributed by atoms with Crippen LogP contribution >= 0.6 is 0 Å². The summed E-state index contributed by atoms with van der Waals surface area (Å²) in [6, 6.07) is 8.42. The van der Waals surface area contributed by atoms with Gasteiger partial charge in [0.2, 0.25) is 5.91 Å². The Morgan fingerprint density at radius 2 is 1.77 bits per heavy atom. The van der Waals surface area contributed by atoms with Gasteiger partial charge in [0, 0.05) is 0 Å². The molecular weight excluding hydrogens is 278 g/mol. The smallest absolute Gasteiger partial charge is 0.242 e. The highest BCUT2D eigenvalue weighted by Crippen LogP contribution is 2.24. The second kappa shape index (κ2) is 7.15. The van der Waals surface area contributed by atoms with E-state index in [4.69, 9.17) is 0 Å². The van der Waals surface area contributed by atoms with Gasteiger partial charge in [0.25, 0.3) is 0 Å². The molecule has 118 valence electrons. The Balaban J connectivity index is 2.07. The Kier molecular flexibility index (Phi) is 5.25. The van der Waals surface area contributed by atoms with E-state index in [0.717, 1.165) is 5.56 Å². The van der Waals surface area contributed by atoms with Gasteiger partial charge in [-0.05, 0) is 33.4 Å². The number of rotatable bonds is 6. The Morgan fingerprint density at radius 3 is 2.27 bits per heavy atom. The molecule has 0 fully saturated rings. The van der Waals surface area contributed by atoms with E-state index in [1.807, 2.05) is 0 Å². The predicted molar refractivity (Wildman–Crippen MR) is 84.1 cm³/mol. The molecular formula is C16H23N5O. The molecule has 1 unspecified atom stereocenters. The van der Waals surface area contributed by atoms with Gasteiger partial charge in [-0.25, -0.2) is 4.68 Å². The molecule has 0 aliphatic rings. The molecule has 0 aliphatic heterocycles. The van der Waals surface area contributed by atoms with Crippen LogP contribution in [0.2, 0.25) is 0 Å². The second-order valence-electron chi connectivity index (χ2n) is 6.12. The number of aromatic nitrogens is 4. The molecule has 1 amide bonds. The Morgan fingerprint density at radius 1 is 1.14 bits per heavy atom. The number of benzene rings is 1. The highest BCUT2D eigenvalue weighted by atomic mass is 16.2. The minimum atomic E-state index is -0.0982. The molecule has 1 heterocycles. The summed E-state index contributed by atoms with van der Waals surface area (Å²) in [5.74, 6) is 0.697. The number of hydrogen-bond acceptors (Lipinski definition) is 4. The monoisotopic (exact) mass is 301 g/mol. The zero-order valence-electron chi connectivity index (χ0n) is 13.5. The van der Waals surface area contributed by atoms with E-state index in [9.17, 15) is 4.79 Å². The molecule has 22 heavy (non-hydrogen) atoms. The molecule has 6 nitrogen and oxygen atoms in total. The molecule has 0 bridgehead atoms. The highest BCUT2D eigenvalue weighted by molar-refractivity contribution is 5.76. The molecule has 2 rings (SSSR count). The molecule has 0 radical (unpaired) electrons. The van der Waals surface area contributed by atoms with Crippen LogP contribution in [0.4, 0.5) is 0 Å². The molecule has 0 spiro atoms. The van der Waals surface area contributed by atoms with Crippen LogP contribution in [0.3, 0.4) is 0 Å². The quantitative estimate of drug-likeness (QED) is 0.888. The van der Waals surface area contributed by atoms with E-state index in [1.54, 1.807) is 0 Å². The SMILES string of the molecule is CC(C)c1ccc(C(NC(=O)Cn2cnnn2)C(C)C)cc1. The van der Waals surface area contributed by atoms with Crippen molar-refractivity contribution in [3.05, 3.63) is 41.7 Å². The summed E-state index contributed by atoms with van der Waals surface area (Å²) in [4.78, 5) is 12.1. The highest BCUT2D eigenvalue weighted by Gasteiger charge is 2.18. The van der Waals surface area contributed by atoms with Crippen LogP contribution in [0.25, 0.3) is 0 Å². The molecule has 1 atom stereocenters. The molecule has 1 aromatic heterocycles. The van der Waals surface area contributed by atoms with Gasteiger partial charge in [-0.2, -0.15) is 0 Å². The zero-order chi connectivity index (χ0) is 16.1. The third-order valence-corrected chi connectivity index (χ3v) is 3.64. The van der Waals surface area contributed by atoms with E-state index in [1.165, 1.54) is 16.6 Å². The van der Waals surface area contributed by atoms with Crippen LogP contribution in [0.15, 0.2) is 30.6 Å². The van der Waals surface area contributed by atoms with E-state index in [2.05, 4.69) is 72.8 Å². The summed E-state index contributed by atoms with van der Waals surface area (Å²) in [5.41, 5.74) is 2.41. The van der Waals surface area contributed by atoms with Gasteiger partial charge in [-0.15, -0.1) is 5.10 Å². The predicted octanol–water partition coefficient (Wildman–Crippen LogP) is 2.31. The lowest BCUT2D eigenvalue weighted by Crippen LogP contribution is -2.34. The van der Waals surface area contributed by atoms with Gasteiger partial charge in [0.1, 0.15) is 12.9 Å². The third kappa shape index (κ3) is 4.13. The molecule has 0 saturated carbocycles. The van der Waals surface area contributed by atoms with E-state index in [0.29, 0.717) is 11.8 Å². The molecule has 0 aliphatic carbocycles. The number of amides is 1. The maximum atomic E-state index is 12.1. The summed E-state index contributed by atoms with van der Waals surface area (Å²) < 4.78 is 1.41. The van der Waals surface area contributed by atoms with Crippen molar-refractivity contribution in [2.45, 2.75) is 46.2 Å². The van der Waals surface area contributed by atoms with E-state index in [-0.39, 0.29) is 18.5 Å². The topological polar surface area (TPSA) is 72.7 Å². The Hall–Kier alpha value is -2.24. The van der Waals surface area contributed by atoms with Crippen LogP contribution < -0.4 is 5.32 Å². The van der Waals surface area contributed by atoms with Gasteiger partial charge in [0.05, 0.1) is 6.04 Å². The van der Waals surface area contributed by atoms with Crippen molar-refractivity contribution in [2.24, 2.45) is 5.92 Å². The second-order valence-corrected chi connectivity index (χ2v) is 6.12. The van der Waals surface area contributed by atoms with E-state index >= 15 is 0 Å². The number of tetrazole rings is 1. The number of nitrogens with one attached hydrogen (secondary N) is 1. The standard InChI is InChI=1S/C16H23N5O/c1-11(2)13-5-7-14(8-6-13)16(12(3)4)18-15(22)9-21-10-17-19-20-21/h5-8,10-12,16H,9H2,1-4H3,(H,18,22). The van der Waals surface area contributed by atoms with Crippen LogP contribution in [0, 0.1) is 5.92 Å². The van der Waals surface area contributed by atoms with Crippen molar-refractivity contribution in [3.63, 3.8) is 0 Å². The van der Waals surface area contributed by atoms with Crippen molar-refractivity contribution < 1.29 is 4.79 Å². The maximum absolute atomic E-state index is 12.1. The summed E-state index contributed by atoms with van der Waals surface area (Å²) in [6.07, 6.45) is 1.43. The first-order valence-electron chi connectivity index (χ1n) is 7.57. The van der Waals surface area contributed by atoms with Crippen molar-refractivity contribution >= 4 is 5.91 Å². The van der Waals surface area contributed by atoms with Gasteiger partial charge < -0.3 is 5.32 Å². The van der Waals surface area contributed by atoms with Crippen LogP contribution in [0.5, 0.6) is 0 Å². The van der Waals surface area contributed by atoms with Crippen LogP contribution in [-0.2, 0) is 11.3 Å². The third-order valence-electron chi connectivity index (χ3n) is 3.64. The summed E-state index contributed by atoms with van der Waals surface area (Å²) in [7, 11) is 0. The average Bonchev–Trinajstić information content (AvgIpc) is 2.97. The fourth-order valence-electron chi connectivity index (χ4n) is 2.34. The zero-order valence-corrected chi connectivity index (χ0v) is 13.5. The first-order valence-corrected chi connectivity index (χ1v) is 7.57. The van der Waals surface area contributed by atoms with Gasteiger partial charge in [-0.3, -0.25) is 4.79 Å². The van der Waals surface area contributed by atoms with Crippen LogP contribution in [-0.4, -0.2) is 26.1 Å². The molecule has 0 saturated heterocycles. The number of carbonyl (C=O) groups excluding carboxylic acids is 1. The molecule has 2 aromatic rings. The van der Waals surface area contributed by atoms with Gasteiger partial charge in [-0.1, -0.05) is 52.0 Å². The van der Waals surface area contributed by atoms with Crippen molar-refractivity contribution in [3.8, 4) is 0 Å². The lowest BCUT2D eigenvalue weighted by molar-refractivity contribution is -0.123. The van der Waals surface area contributed by atoms with Crippen molar-refractivity contribution in [2.75, 3.05) is 0 Å². The minimum absolute atomic E-state index is 0.0230. The maximum Gasteiger partial charge on any atom is 0.242 e. The molecule has 6 heteroatoms. The Labute approximate surface area is 130 Å². The number of carbonyl (C=O) groups is 1. The first-order chi connectivity index (χ1) is 10.5. The first kappa shape index (κ1) is 16.1.